The van der Waals surface area contributed by atoms with Crippen molar-refractivity contribution in [1.82, 2.24) is 4.98 Å². The predicted molar refractivity (Wildman–Crippen MR) is 133 cm³/mol. The van der Waals surface area contributed by atoms with E-state index in [0.717, 1.165) is 0 Å². The molecule has 0 fully saturated rings. The zero-order chi connectivity index (χ0) is 25.0. The highest BCUT2D eigenvalue weighted by Crippen LogP contribution is 2.43. The molecule has 5 rings (SSSR count). The van der Waals surface area contributed by atoms with Gasteiger partial charge in [-0.05, 0) is 66.9 Å². The average molecular weight is 510 g/mol. The summed E-state index contributed by atoms with van der Waals surface area (Å²) in [5.74, 6) is -2.11. The molecule has 2 aromatic carbocycles. The van der Waals surface area contributed by atoms with Crippen LogP contribution in [0.3, 0.4) is 0 Å². The Hall–Kier alpha value is -3.81. The Balaban J connectivity index is 1.91. The minimum atomic E-state index is -1.25. The van der Waals surface area contributed by atoms with Crippen LogP contribution in [0.15, 0.2) is 67.2 Å². The van der Waals surface area contributed by atoms with Crippen molar-refractivity contribution < 1.29 is 19.0 Å². The summed E-state index contributed by atoms with van der Waals surface area (Å²) in [5.41, 5.74) is -0.348. The zero-order valence-corrected chi connectivity index (χ0v) is 19.9. The number of aromatic nitrogens is 1. The summed E-state index contributed by atoms with van der Waals surface area (Å²) in [6.07, 6.45) is 2.92. The molecular formula is C26H17Cl2NO6. The lowest BCUT2D eigenvalue weighted by Crippen LogP contribution is -2.21. The Bertz CT molecular complexity index is 1650. The molecule has 2 N–H and O–H groups in total. The molecule has 7 nitrogen and oxygen atoms in total. The lowest BCUT2D eigenvalue weighted by atomic mass is 9.85. The van der Waals surface area contributed by atoms with E-state index in [2.05, 4.69) is 4.98 Å². The van der Waals surface area contributed by atoms with Crippen LogP contribution in [0.4, 0.5) is 0 Å². The molecule has 0 unspecified atom stereocenters. The van der Waals surface area contributed by atoms with E-state index in [0.29, 0.717) is 26.7 Å². The van der Waals surface area contributed by atoms with Gasteiger partial charge in [-0.15, -0.1) is 0 Å². The fourth-order valence-corrected chi connectivity index (χ4v) is 4.51. The smallest absolute Gasteiger partial charge is 0.344 e. The number of rotatable bonds is 3. The molecule has 0 aliphatic heterocycles. The fraction of sp³-hybridized carbons (Fsp3) is 0.115. The van der Waals surface area contributed by atoms with E-state index < -0.39 is 28.7 Å². The van der Waals surface area contributed by atoms with Gasteiger partial charge in [0, 0.05) is 22.4 Å². The van der Waals surface area contributed by atoms with Crippen molar-refractivity contribution in [3.8, 4) is 11.5 Å². The molecule has 0 saturated heterocycles. The number of hydrogen-bond donors (Lipinski definition) is 2. The maximum atomic E-state index is 13.2. The third-order valence-corrected chi connectivity index (χ3v) is 6.82. The SMILES string of the molecule is Cc1cc2oc(=O)c(C(c3ccncc3)c3c(O)c4cc(Cl)c(C)cc4oc3=O)c(O)c2cc1Cl. The van der Waals surface area contributed by atoms with Crippen LogP contribution in [0.1, 0.15) is 33.7 Å². The lowest BCUT2D eigenvalue weighted by Gasteiger charge is -2.20. The Morgan fingerprint density at radius 1 is 0.771 bits per heavy atom. The van der Waals surface area contributed by atoms with Gasteiger partial charge < -0.3 is 19.0 Å². The van der Waals surface area contributed by atoms with Gasteiger partial charge in [0.1, 0.15) is 22.7 Å². The molecule has 0 spiro atoms. The first-order valence-electron chi connectivity index (χ1n) is 10.5. The number of pyridine rings is 1. The second-order valence-corrected chi connectivity index (χ2v) is 9.03. The van der Waals surface area contributed by atoms with E-state index in [-0.39, 0.29) is 33.1 Å². The molecule has 9 heteroatoms. The monoisotopic (exact) mass is 509 g/mol. The molecule has 176 valence electrons. The number of hydrogen-bond acceptors (Lipinski definition) is 7. The molecule has 3 aromatic heterocycles. The van der Waals surface area contributed by atoms with Crippen LogP contribution >= 0.6 is 23.2 Å². The highest BCUT2D eigenvalue weighted by Gasteiger charge is 2.32. The molecular weight excluding hydrogens is 493 g/mol. The largest absolute Gasteiger partial charge is 0.507 e. The first-order chi connectivity index (χ1) is 16.7. The Kier molecular flexibility index (Phi) is 5.54. The van der Waals surface area contributed by atoms with Gasteiger partial charge in [0.15, 0.2) is 0 Å². The van der Waals surface area contributed by atoms with E-state index in [1.54, 1.807) is 26.0 Å². The summed E-state index contributed by atoms with van der Waals surface area (Å²) >= 11 is 12.5. The second-order valence-electron chi connectivity index (χ2n) is 8.21. The molecule has 3 heterocycles. The van der Waals surface area contributed by atoms with Crippen LogP contribution in [0.25, 0.3) is 21.9 Å². The highest BCUT2D eigenvalue weighted by atomic mass is 35.5. The van der Waals surface area contributed by atoms with Gasteiger partial charge in [0.05, 0.1) is 27.8 Å². The standard InChI is InChI=1S/C26H17Cl2NO6/c1-11-7-18-14(9-16(11)27)23(30)21(25(32)34-18)20(13-3-5-29-6-4-13)22-24(31)15-10-17(28)12(2)8-19(15)35-26(22)33/h3-10,20,30-31H,1-2H3. The number of aryl methyl sites for hydroxylation is 2. The van der Waals surface area contributed by atoms with Crippen LogP contribution in [0, 0.1) is 13.8 Å². The maximum absolute atomic E-state index is 13.2. The van der Waals surface area contributed by atoms with E-state index in [1.165, 1.54) is 36.7 Å². The average Bonchev–Trinajstić information content (AvgIpc) is 2.81. The first kappa shape index (κ1) is 23.0. The Morgan fingerprint density at radius 3 is 1.63 bits per heavy atom. The van der Waals surface area contributed by atoms with Crippen molar-refractivity contribution in [3.05, 3.63) is 107 Å². The minimum absolute atomic E-state index is 0.128. The number of halogens is 2. The van der Waals surface area contributed by atoms with E-state index >= 15 is 0 Å². The van der Waals surface area contributed by atoms with Gasteiger partial charge in [0.25, 0.3) is 0 Å². The summed E-state index contributed by atoms with van der Waals surface area (Å²) in [6.45, 7) is 3.47. The Morgan fingerprint density at radius 2 is 1.20 bits per heavy atom. The molecule has 0 aliphatic carbocycles. The number of benzene rings is 2. The first-order valence-corrected chi connectivity index (χ1v) is 11.2. The summed E-state index contributed by atoms with van der Waals surface area (Å²) < 4.78 is 11.0. The third kappa shape index (κ3) is 3.73. The quantitative estimate of drug-likeness (QED) is 0.295. The highest BCUT2D eigenvalue weighted by molar-refractivity contribution is 6.32. The summed E-state index contributed by atoms with van der Waals surface area (Å²) in [6, 6.07) is 9.14. The van der Waals surface area contributed by atoms with Gasteiger partial charge in [-0.1, -0.05) is 23.2 Å². The summed E-state index contributed by atoms with van der Waals surface area (Å²) in [4.78, 5) is 30.4. The summed E-state index contributed by atoms with van der Waals surface area (Å²) in [5, 5.41) is 23.6. The lowest BCUT2D eigenvalue weighted by molar-refractivity contribution is 0.441. The van der Waals surface area contributed by atoms with Crippen molar-refractivity contribution >= 4 is 45.1 Å². The van der Waals surface area contributed by atoms with Crippen molar-refractivity contribution in [2.75, 3.05) is 0 Å². The minimum Gasteiger partial charge on any atom is -0.507 e. The van der Waals surface area contributed by atoms with Crippen molar-refractivity contribution in [2.45, 2.75) is 19.8 Å². The topological polar surface area (TPSA) is 114 Å². The van der Waals surface area contributed by atoms with Crippen LogP contribution in [-0.2, 0) is 0 Å². The normalized spacial score (nSPS) is 11.6. The maximum Gasteiger partial charge on any atom is 0.344 e. The molecule has 0 saturated carbocycles. The second kappa shape index (κ2) is 8.45. The summed E-state index contributed by atoms with van der Waals surface area (Å²) in [7, 11) is 0. The van der Waals surface area contributed by atoms with Crippen LogP contribution in [0.2, 0.25) is 10.0 Å². The molecule has 0 aliphatic rings. The van der Waals surface area contributed by atoms with Gasteiger partial charge in [0.2, 0.25) is 0 Å². The van der Waals surface area contributed by atoms with Gasteiger partial charge in [-0.2, -0.15) is 0 Å². The number of fused-ring (bicyclic) bond motifs is 2. The van der Waals surface area contributed by atoms with Crippen LogP contribution in [0.5, 0.6) is 11.5 Å². The molecule has 0 bridgehead atoms. The van der Waals surface area contributed by atoms with Crippen molar-refractivity contribution in [3.63, 3.8) is 0 Å². The predicted octanol–water partition coefficient (Wildman–Crippen LogP) is 5.81. The zero-order valence-electron chi connectivity index (χ0n) is 18.4. The number of aromatic hydroxyl groups is 2. The Labute approximate surface area is 207 Å². The van der Waals surface area contributed by atoms with Gasteiger partial charge in [-0.25, -0.2) is 9.59 Å². The van der Waals surface area contributed by atoms with Gasteiger partial charge in [-0.3, -0.25) is 4.98 Å². The van der Waals surface area contributed by atoms with E-state index in [1.807, 2.05) is 0 Å². The van der Waals surface area contributed by atoms with Crippen LogP contribution in [-0.4, -0.2) is 15.2 Å². The van der Waals surface area contributed by atoms with Crippen molar-refractivity contribution in [2.24, 2.45) is 0 Å². The molecule has 35 heavy (non-hydrogen) atoms. The number of nitrogens with zero attached hydrogens (tertiary/aromatic N) is 1. The fourth-order valence-electron chi connectivity index (χ4n) is 4.18. The van der Waals surface area contributed by atoms with Crippen LogP contribution < -0.4 is 11.3 Å². The van der Waals surface area contributed by atoms with Gasteiger partial charge >= 0.3 is 11.3 Å². The molecule has 0 radical (unpaired) electrons. The molecule has 5 aromatic rings. The van der Waals surface area contributed by atoms with E-state index in [4.69, 9.17) is 32.0 Å². The molecule has 0 atom stereocenters. The third-order valence-electron chi connectivity index (χ3n) is 6.00. The molecule has 0 amide bonds. The van der Waals surface area contributed by atoms with E-state index in [9.17, 15) is 19.8 Å². The van der Waals surface area contributed by atoms with Crippen molar-refractivity contribution in [1.29, 1.82) is 0 Å².